The maximum Gasteiger partial charge on any atom is 0.274 e. The largest absolute Gasteiger partial charge is 0.439 e. The van der Waals surface area contributed by atoms with E-state index in [0.29, 0.717) is 30.5 Å². The zero-order valence-corrected chi connectivity index (χ0v) is 15.9. The van der Waals surface area contributed by atoms with E-state index in [1.807, 2.05) is 44.2 Å². The first-order chi connectivity index (χ1) is 13.6. The van der Waals surface area contributed by atoms with Crippen LogP contribution < -0.4 is 4.74 Å². The van der Waals surface area contributed by atoms with E-state index in [2.05, 4.69) is 19.9 Å². The molecule has 1 aliphatic rings. The molecule has 7 nitrogen and oxygen atoms in total. The zero-order chi connectivity index (χ0) is 19.5. The summed E-state index contributed by atoms with van der Waals surface area (Å²) in [5.41, 5.74) is 2.24. The Morgan fingerprint density at radius 3 is 2.82 bits per heavy atom. The van der Waals surface area contributed by atoms with Crippen molar-refractivity contribution >= 4 is 5.91 Å². The van der Waals surface area contributed by atoms with Gasteiger partial charge >= 0.3 is 0 Å². The van der Waals surface area contributed by atoms with E-state index in [9.17, 15) is 4.79 Å². The van der Waals surface area contributed by atoms with Gasteiger partial charge in [-0.15, -0.1) is 0 Å². The van der Waals surface area contributed by atoms with E-state index in [4.69, 9.17) is 4.74 Å². The molecule has 1 aromatic carbocycles. The third-order valence-electron chi connectivity index (χ3n) is 4.78. The number of para-hydroxylation sites is 1. The van der Waals surface area contributed by atoms with E-state index in [-0.39, 0.29) is 11.8 Å². The number of nitrogens with zero attached hydrogens (tertiary/aromatic N) is 5. The van der Waals surface area contributed by atoms with Crippen molar-refractivity contribution in [2.24, 2.45) is 0 Å². The van der Waals surface area contributed by atoms with Crippen LogP contribution >= 0.6 is 0 Å². The third kappa shape index (κ3) is 3.83. The number of benzene rings is 1. The van der Waals surface area contributed by atoms with Gasteiger partial charge in [0.25, 0.3) is 5.91 Å². The molecular weight excluding hydrogens is 354 g/mol. The summed E-state index contributed by atoms with van der Waals surface area (Å²) in [6, 6.07) is 9.65. The van der Waals surface area contributed by atoms with Crippen molar-refractivity contribution in [1.29, 1.82) is 0 Å². The number of carbonyl (C=O) groups is 1. The van der Waals surface area contributed by atoms with Crippen LogP contribution in [0.5, 0.6) is 11.6 Å². The Morgan fingerprint density at radius 1 is 1.18 bits per heavy atom. The molecule has 3 aromatic rings. The molecule has 1 atom stereocenters. The summed E-state index contributed by atoms with van der Waals surface area (Å²) in [6.07, 6.45) is 5.38. The molecule has 0 bridgehead atoms. The molecule has 1 amide bonds. The number of carbonyl (C=O) groups excluding carboxylic acids is 1. The highest BCUT2D eigenvalue weighted by Gasteiger charge is 2.30. The monoisotopic (exact) mass is 375 g/mol. The van der Waals surface area contributed by atoms with Gasteiger partial charge in [0.15, 0.2) is 0 Å². The van der Waals surface area contributed by atoms with Crippen molar-refractivity contribution < 1.29 is 9.53 Å². The van der Waals surface area contributed by atoms with Gasteiger partial charge in [-0.25, -0.2) is 9.97 Å². The number of rotatable bonds is 4. The molecule has 0 N–H and O–H groups in total. The Bertz CT molecular complexity index is 993. The molecule has 1 aliphatic heterocycles. The third-order valence-corrected chi connectivity index (χ3v) is 4.78. The van der Waals surface area contributed by atoms with Crippen molar-refractivity contribution in [3.8, 4) is 11.6 Å². The lowest BCUT2D eigenvalue weighted by molar-refractivity contribution is 0.0784. The average molecular weight is 375 g/mol. The molecule has 1 saturated heterocycles. The molecule has 4 rings (SSSR count). The van der Waals surface area contributed by atoms with Crippen LogP contribution in [-0.4, -0.2) is 43.8 Å². The number of hydrogen-bond donors (Lipinski definition) is 0. The van der Waals surface area contributed by atoms with Crippen molar-refractivity contribution in [3.05, 3.63) is 71.7 Å². The molecule has 0 aliphatic carbocycles. The van der Waals surface area contributed by atoms with Crippen molar-refractivity contribution in [3.63, 3.8) is 0 Å². The number of amides is 1. The fraction of sp³-hybridized carbons (Fsp3) is 0.286. The standard InChI is InChI=1S/C21H21N5O2/c1-14-5-3-4-6-18(14)28-19-11-15(2)24-20(25-19)16-7-10-26(13-16)21(27)17-12-22-8-9-23-17/h3-6,8-9,11-12,16H,7,10,13H2,1-2H3/t16-/m0/s1. The van der Waals surface area contributed by atoms with Crippen LogP contribution in [0, 0.1) is 13.8 Å². The minimum Gasteiger partial charge on any atom is -0.439 e. The first-order valence-corrected chi connectivity index (χ1v) is 9.24. The van der Waals surface area contributed by atoms with Crippen LogP contribution in [0.2, 0.25) is 0 Å². The van der Waals surface area contributed by atoms with Gasteiger partial charge in [-0.05, 0) is 31.9 Å². The lowest BCUT2D eigenvalue weighted by Crippen LogP contribution is -2.29. The Morgan fingerprint density at radius 2 is 2.04 bits per heavy atom. The van der Waals surface area contributed by atoms with Crippen LogP contribution in [0.1, 0.15) is 39.9 Å². The highest BCUT2D eigenvalue weighted by atomic mass is 16.5. The van der Waals surface area contributed by atoms with E-state index in [1.54, 1.807) is 11.1 Å². The maximum absolute atomic E-state index is 12.6. The second-order valence-corrected chi connectivity index (χ2v) is 6.90. The molecule has 0 radical (unpaired) electrons. The molecule has 7 heteroatoms. The van der Waals surface area contributed by atoms with E-state index >= 15 is 0 Å². The van der Waals surface area contributed by atoms with Gasteiger partial charge in [0, 0.05) is 43.2 Å². The van der Waals surface area contributed by atoms with Gasteiger partial charge in [0.2, 0.25) is 5.88 Å². The van der Waals surface area contributed by atoms with Crippen LogP contribution in [-0.2, 0) is 0 Å². The number of ether oxygens (including phenoxy) is 1. The lowest BCUT2D eigenvalue weighted by Gasteiger charge is -2.16. The van der Waals surface area contributed by atoms with Crippen molar-refractivity contribution in [2.45, 2.75) is 26.2 Å². The maximum atomic E-state index is 12.6. The van der Waals surface area contributed by atoms with Crippen LogP contribution in [0.15, 0.2) is 48.9 Å². The van der Waals surface area contributed by atoms with Gasteiger partial charge in [0.1, 0.15) is 17.3 Å². The number of aromatic nitrogens is 4. The highest BCUT2D eigenvalue weighted by molar-refractivity contribution is 5.92. The summed E-state index contributed by atoms with van der Waals surface area (Å²) in [4.78, 5) is 31.7. The molecular formula is C21H21N5O2. The van der Waals surface area contributed by atoms with E-state index < -0.39 is 0 Å². The highest BCUT2D eigenvalue weighted by Crippen LogP contribution is 2.29. The van der Waals surface area contributed by atoms with Crippen molar-refractivity contribution in [1.82, 2.24) is 24.8 Å². The Labute approximate surface area is 163 Å². The summed E-state index contributed by atoms with van der Waals surface area (Å²) >= 11 is 0. The summed E-state index contributed by atoms with van der Waals surface area (Å²) in [7, 11) is 0. The molecule has 3 heterocycles. The van der Waals surface area contributed by atoms with Gasteiger partial charge in [-0.3, -0.25) is 9.78 Å². The van der Waals surface area contributed by atoms with E-state index in [1.165, 1.54) is 12.4 Å². The molecule has 1 fully saturated rings. The first-order valence-electron chi connectivity index (χ1n) is 9.24. The lowest BCUT2D eigenvalue weighted by atomic mass is 10.1. The topological polar surface area (TPSA) is 81.1 Å². The SMILES string of the molecule is Cc1cc(Oc2ccccc2C)nc([C@H]2CCN(C(=O)c3cnccn3)C2)n1. The average Bonchev–Trinajstić information content (AvgIpc) is 3.20. The predicted octanol–water partition coefficient (Wildman–Crippen LogP) is 3.31. The fourth-order valence-corrected chi connectivity index (χ4v) is 3.31. The second kappa shape index (κ2) is 7.72. The minimum atomic E-state index is -0.111. The predicted molar refractivity (Wildman–Crippen MR) is 103 cm³/mol. The Kier molecular flexibility index (Phi) is 4.97. The van der Waals surface area contributed by atoms with Crippen molar-refractivity contribution in [2.75, 3.05) is 13.1 Å². The van der Waals surface area contributed by atoms with Gasteiger partial charge in [-0.2, -0.15) is 4.98 Å². The molecule has 142 valence electrons. The quantitative estimate of drug-likeness (QED) is 0.696. The number of aryl methyl sites for hydroxylation is 2. The summed E-state index contributed by atoms with van der Waals surface area (Å²) in [5.74, 6) is 1.96. The number of hydrogen-bond acceptors (Lipinski definition) is 6. The molecule has 0 unspecified atom stereocenters. The van der Waals surface area contributed by atoms with Gasteiger partial charge in [-0.1, -0.05) is 18.2 Å². The summed E-state index contributed by atoms with van der Waals surface area (Å²) < 4.78 is 5.98. The molecule has 2 aromatic heterocycles. The molecule has 28 heavy (non-hydrogen) atoms. The Hall–Kier alpha value is -3.35. The first kappa shape index (κ1) is 18.0. The molecule has 0 spiro atoms. The summed E-state index contributed by atoms with van der Waals surface area (Å²) in [6.45, 7) is 5.12. The minimum absolute atomic E-state index is 0.0692. The van der Waals surface area contributed by atoms with Crippen LogP contribution in [0.3, 0.4) is 0 Å². The number of likely N-dealkylation sites (tertiary alicyclic amines) is 1. The zero-order valence-electron chi connectivity index (χ0n) is 15.9. The van der Waals surface area contributed by atoms with Gasteiger partial charge in [0.05, 0.1) is 6.20 Å². The van der Waals surface area contributed by atoms with Crippen LogP contribution in [0.4, 0.5) is 0 Å². The second-order valence-electron chi connectivity index (χ2n) is 6.90. The normalized spacial score (nSPS) is 16.2. The van der Waals surface area contributed by atoms with E-state index in [0.717, 1.165) is 23.4 Å². The smallest absolute Gasteiger partial charge is 0.274 e. The fourth-order valence-electron chi connectivity index (χ4n) is 3.31. The Balaban J connectivity index is 1.51. The summed E-state index contributed by atoms with van der Waals surface area (Å²) in [5, 5.41) is 0. The molecule has 0 saturated carbocycles. The van der Waals surface area contributed by atoms with Gasteiger partial charge < -0.3 is 9.64 Å². The van der Waals surface area contributed by atoms with Crippen LogP contribution in [0.25, 0.3) is 0 Å².